The zero-order chi connectivity index (χ0) is 13.9. The van der Waals surface area contributed by atoms with Crippen molar-refractivity contribution in [2.45, 2.75) is 5.33 Å². The molecule has 0 radical (unpaired) electrons. The van der Waals surface area contributed by atoms with E-state index < -0.39 is 0 Å². The quantitative estimate of drug-likeness (QED) is 0.561. The van der Waals surface area contributed by atoms with Crippen LogP contribution >= 0.6 is 31.9 Å². The smallest absolute Gasteiger partial charge is 0.0787 e. The Kier molecular flexibility index (Phi) is 4.03. The van der Waals surface area contributed by atoms with Crippen molar-refractivity contribution in [3.8, 4) is 16.8 Å². The molecule has 20 heavy (non-hydrogen) atoms. The van der Waals surface area contributed by atoms with Gasteiger partial charge in [-0.2, -0.15) is 5.10 Å². The standard InChI is InChI=1S/C16H12Br2N2/c17-9-12-6-7-16(15(18)8-12)20-11-14(10-19-20)13-4-2-1-3-5-13/h1-8,10-11H,9H2. The average Bonchev–Trinajstić information content (AvgIpc) is 2.97. The lowest BCUT2D eigenvalue weighted by Gasteiger charge is -2.06. The van der Waals surface area contributed by atoms with Crippen molar-refractivity contribution in [2.75, 3.05) is 0 Å². The third kappa shape index (κ3) is 2.72. The second kappa shape index (κ2) is 5.94. The molecule has 0 spiro atoms. The van der Waals surface area contributed by atoms with Crippen molar-refractivity contribution < 1.29 is 0 Å². The first kappa shape index (κ1) is 13.6. The summed E-state index contributed by atoms with van der Waals surface area (Å²) in [5.74, 6) is 0. The van der Waals surface area contributed by atoms with Crippen LogP contribution in [0.3, 0.4) is 0 Å². The summed E-state index contributed by atoms with van der Waals surface area (Å²) in [5, 5.41) is 5.30. The summed E-state index contributed by atoms with van der Waals surface area (Å²) in [6.45, 7) is 0. The van der Waals surface area contributed by atoms with Crippen LogP contribution in [0.1, 0.15) is 5.56 Å². The van der Waals surface area contributed by atoms with Gasteiger partial charge in [0.15, 0.2) is 0 Å². The summed E-state index contributed by atoms with van der Waals surface area (Å²) in [4.78, 5) is 0. The summed E-state index contributed by atoms with van der Waals surface area (Å²) >= 11 is 7.07. The Hall–Kier alpha value is -1.39. The summed E-state index contributed by atoms with van der Waals surface area (Å²) in [6, 6.07) is 16.5. The number of hydrogen-bond donors (Lipinski definition) is 0. The number of halogens is 2. The van der Waals surface area contributed by atoms with Crippen molar-refractivity contribution in [1.29, 1.82) is 0 Å². The van der Waals surface area contributed by atoms with Crippen molar-refractivity contribution in [1.82, 2.24) is 9.78 Å². The van der Waals surface area contributed by atoms with Crippen molar-refractivity contribution in [2.24, 2.45) is 0 Å². The molecule has 3 aromatic rings. The highest BCUT2D eigenvalue weighted by Crippen LogP contribution is 2.25. The Labute approximate surface area is 134 Å². The summed E-state index contributed by atoms with van der Waals surface area (Å²) in [5.41, 5.74) is 4.56. The maximum Gasteiger partial charge on any atom is 0.0787 e. The molecular weight excluding hydrogens is 380 g/mol. The molecular formula is C16H12Br2N2. The molecule has 0 amide bonds. The van der Waals surface area contributed by atoms with Gasteiger partial charge >= 0.3 is 0 Å². The Morgan fingerprint density at radius 3 is 2.50 bits per heavy atom. The van der Waals surface area contributed by atoms with Gasteiger partial charge in [-0.25, -0.2) is 4.68 Å². The highest BCUT2D eigenvalue weighted by molar-refractivity contribution is 9.10. The van der Waals surface area contributed by atoms with Gasteiger partial charge in [-0.15, -0.1) is 0 Å². The zero-order valence-corrected chi connectivity index (χ0v) is 13.8. The molecule has 2 aromatic carbocycles. The van der Waals surface area contributed by atoms with E-state index in [1.54, 1.807) is 0 Å². The molecule has 0 fully saturated rings. The molecule has 100 valence electrons. The van der Waals surface area contributed by atoms with E-state index in [1.807, 2.05) is 35.3 Å². The van der Waals surface area contributed by atoms with Crippen LogP contribution in [0.5, 0.6) is 0 Å². The maximum absolute atomic E-state index is 4.45. The average molecular weight is 392 g/mol. The van der Waals surface area contributed by atoms with E-state index in [4.69, 9.17) is 0 Å². The van der Waals surface area contributed by atoms with Crippen LogP contribution in [0.2, 0.25) is 0 Å². The lowest BCUT2D eigenvalue weighted by Crippen LogP contribution is -1.95. The molecule has 0 aliphatic carbocycles. The van der Waals surface area contributed by atoms with Crippen molar-refractivity contribution in [3.05, 3.63) is 71.0 Å². The minimum atomic E-state index is 0.847. The van der Waals surface area contributed by atoms with Crippen LogP contribution < -0.4 is 0 Å². The Bertz CT molecular complexity index is 720. The second-order valence-corrected chi connectivity index (χ2v) is 5.87. The van der Waals surface area contributed by atoms with Gasteiger partial charge in [-0.3, -0.25) is 0 Å². The largest absolute Gasteiger partial charge is 0.239 e. The molecule has 4 heteroatoms. The van der Waals surface area contributed by atoms with E-state index >= 15 is 0 Å². The Morgan fingerprint density at radius 1 is 1.00 bits per heavy atom. The monoisotopic (exact) mass is 390 g/mol. The van der Waals surface area contributed by atoms with Crippen LogP contribution in [0.25, 0.3) is 16.8 Å². The van der Waals surface area contributed by atoms with Crippen LogP contribution in [0, 0.1) is 0 Å². The van der Waals surface area contributed by atoms with Crippen molar-refractivity contribution >= 4 is 31.9 Å². The lowest BCUT2D eigenvalue weighted by atomic mass is 10.1. The Morgan fingerprint density at radius 2 is 1.80 bits per heavy atom. The minimum Gasteiger partial charge on any atom is -0.239 e. The van der Waals surface area contributed by atoms with Crippen LogP contribution in [-0.4, -0.2) is 9.78 Å². The molecule has 0 atom stereocenters. The van der Waals surface area contributed by atoms with Gasteiger partial charge in [0.25, 0.3) is 0 Å². The lowest BCUT2D eigenvalue weighted by molar-refractivity contribution is 0.875. The van der Waals surface area contributed by atoms with Gasteiger partial charge in [0, 0.05) is 21.6 Å². The van der Waals surface area contributed by atoms with Crippen LogP contribution in [0.4, 0.5) is 0 Å². The second-order valence-electron chi connectivity index (χ2n) is 4.46. The first-order valence-corrected chi connectivity index (χ1v) is 8.14. The third-order valence-corrected chi connectivity index (χ3v) is 4.39. The molecule has 2 nitrogen and oxygen atoms in total. The van der Waals surface area contributed by atoms with Crippen LogP contribution in [0.15, 0.2) is 65.4 Å². The van der Waals surface area contributed by atoms with E-state index in [0.717, 1.165) is 21.1 Å². The molecule has 1 aromatic heterocycles. The molecule has 0 unspecified atom stereocenters. The topological polar surface area (TPSA) is 17.8 Å². The molecule has 0 bridgehead atoms. The summed E-state index contributed by atoms with van der Waals surface area (Å²) < 4.78 is 2.93. The van der Waals surface area contributed by atoms with Gasteiger partial charge in [0.2, 0.25) is 0 Å². The van der Waals surface area contributed by atoms with Gasteiger partial charge < -0.3 is 0 Å². The summed E-state index contributed by atoms with van der Waals surface area (Å²) in [7, 11) is 0. The van der Waals surface area contributed by atoms with E-state index in [2.05, 4.69) is 67.3 Å². The third-order valence-electron chi connectivity index (χ3n) is 3.10. The first-order chi connectivity index (χ1) is 9.78. The molecule has 1 heterocycles. The predicted octanol–water partition coefficient (Wildman–Crippen LogP) is 5.20. The number of aromatic nitrogens is 2. The maximum atomic E-state index is 4.45. The number of benzene rings is 2. The normalized spacial score (nSPS) is 10.7. The van der Waals surface area contributed by atoms with Gasteiger partial charge in [0.1, 0.15) is 0 Å². The van der Waals surface area contributed by atoms with Crippen LogP contribution in [-0.2, 0) is 5.33 Å². The SMILES string of the molecule is BrCc1ccc(-n2cc(-c3ccccc3)cn2)c(Br)c1. The molecule has 0 saturated heterocycles. The van der Waals surface area contributed by atoms with Gasteiger partial charge in [0.05, 0.1) is 11.9 Å². The molecule has 0 aliphatic heterocycles. The fraction of sp³-hybridized carbons (Fsp3) is 0.0625. The number of alkyl halides is 1. The minimum absolute atomic E-state index is 0.847. The highest BCUT2D eigenvalue weighted by Gasteiger charge is 2.06. The first-order valence-electron chi connectivity index (χ1n) is 6.23. The number of hydrogen-bond acceptors (Lipinski definition) is 1. The van der Waals surface area contributed by atoms with E-state index in [9.17, 15) is 0 Å². The van der Waals surface area contributed by atoms with Crippen molar-refractivity contribution in [3.63, 3.8) is 0 Å². The Balaban J connectivity index is 1.98. The summed E-state index contributed by atoms with van der Waals surface area (Å²) in [6.07, 6.45) is 3.93. The molecule has 0 aliphatic rings. The number of rotatable bonds is 3. The van der Waals surface area contributed by atoms with E-state index in [-0.39, 0.29) is 0 Å². The van der Waals surface area contributed by atoms with Gasteiger partial charge in [-0.05, 0) is 39.2 Å². The number of nitrogens with zero attached hydrogens (tertiary/aromatic N) is 2. The highest BCUT2D eigenvalue weighted by atomic mass is 79.9. The fourth-order valence-corrected chi connectivity index (χ4v) is 3.01. The van der Waals surface area contributed by atoms with E-state index in [1.165, 1.54) is 11.1 Å². The molecule has 0 N–H and O–H groups in total. The molecule has 3 rings (SSSR count). The van der Waals surface area contributed by atoms with Gasteiger partial charge in [-0.1, -0.05) is 52.3 Å². The molecule has 0 saturated carbocycles. The predicted molar refractivity (Wildman–Crippen MR) is 89.3 cm³/mol. The van der Waals surface area contributed by atoms with E-state index in [0.29, 0.717) is 0 Å². The fourth-order valence-electron chi connectivity index (χ4n) is 2.05. The zero-order valence-electron chi connectivity index (χ0n) is 10.6.